The number of methoxy groups -OCH3 is 1. The van der Waals surface area contributed by atoms with E-state index in [0.29, 0.717) is 0 Å². The van der Waals surface area contributed by atoms with Crippen LogP contribution in [-0.2, 0) is 22.7 Å². The first kappa shape index (κ1) is 22.6. The second kappa shape index (κ2) is 11.3. The van der Waals surface area contributed by atoms with Gasteiger partial charge in [0.1, 0.15) is 5.75 Å². The second-order valence-electron chi connectivity index (χ2n) is 8.24. The van der Waals surface area contributed by atoms with Crippen LogP contribution in [0.3, 0.4) is 0 Å². The molecule has 0 unspecified atom stereocenters. The molecule has 0 aliphatic carbocycles. The highest BCUT2D eigenvalue weighted by Crippen LogP contribution is 2.25. The standard InChI is InChI=1S/C29H29NO2Si/c1-31-29-20-12-11-19-28(29)21-30-32-33(22-25-13-5-2-6-14-25,23-26-15-7-3-8-16-26)24-27-17-9-4-10-18-27/h2-21H,22-24H2,1H3/b30-21+. The van der Waals surface area contributed by atoms with Crippen LogP contribution in [-0.4, -0.2) is 21.6 Å². The van der Waals surface area contributed by atoms with E-state index in [0.717, 1.165) is 29.4 Å². The zero-order chi connectivity index (χ0) is 22.8. The molecular weight excluding hydrogens is 422 g/mol. The molecule has 0 radical (unpaired) electrons. The molecule has 0 spiro atoms. The number of rotatable bonds is 10. The van der Waals surface area contributed by atoms with Crippen LogP contribution in [0.25, 0.3) is 0 Å². The highest BCUT2D eigenvalue weighted by molar-refractivity contribution is 6.72. The average molecular weight is 452 g/mol. The molecule has 4 rings (SSSR count). The lowest BCUT2D eigenvalue weighted by Crippen LogP contribution is -2.46. The third kappa shape index (κ3) is 6.43. The highest BCUT2D eigenvalue weighted by Gasteiger charge is 2.39. The molecule has 0 N–H and O–H groups in total. The Morgan fingerprint density at radius 1 is 0.606 bits per heavy atom. The summed E-state index contributed by atoms with van der Waals surface area (Å²) < 4.78 is 12.1. The minimum Gasteiger partial charge on any atom is -0.496 e. The van der Waals surface area contributed by atoms with Crippen molar-refractivity contribution in [3.8, 4) is 5.75 Å². The third-order valence-corrected chi connectivity index (χ3v) is 9.33. The molecule has 4 aromatic carbocycles. The molecule has 166 valence electrons. The van der Waals surface area contributed by atoms with Gasteiger partial charge in [0.2, 0.25) is 0 Å². The van der Waals surface area contributed by atoms with Crippen molar-refractivity contribution in [1.29, 1.82) is 0 Å². The molecule has 0 bridgehead atoms. The van der Waals surface area contributed by atoms with E-state index >= 15 is 0 Å². The zero-order valence-corrected chi connectivity index (χ0v) is 19.9. The van der Waals surface area contributed by atoms with Gasteiger partial charge in [-0.1, -0.05) is 103 Å². The smallest absolute Gasteiger partial charge is 0.300 e. The van der Waals surface area contributed by atoms with Gasteiger partial charge in [-0.2, -0.15) is 0 Å². The number of hydrogen-bond donors (Lipinski definition) is 0. The van der Waals surface area contributed by atoms with Gasteiger partial charge in [-0.3, -0.25) is 0 Å². The average Bonchev–Trinajstić information content (AvgIpc) is 2.86. The minimum absolute atomic E-state index is 0.784. The van der Waals surface area contributed by atoms with Crippen LogP contribution >= 0.6 is 0 Å². The Labute approximate surface area is 197 Å². The molecule has 0 aliphatic heterocycles. The Kier molecular flexibility index (Phi) is 7.72. The van der Waals surface area contributed by atoms with E-state index in [1.807, 2.05) is 24.3 Å². The van der Waals surface area contributed by atoms with Crippen molar-refractivity contribution in [2.24, 2.45) is 5.16 Å². The summed E-state index contributed by atoms with van der Waals surface area (Å²) in [5, 5.41) is 4.57. The fourth-order valence-corrected chi connectivity index (χ4v) is 7.94. The van der Waals surface area contributed by atoms with Crippen molar-refractivity contribution >= 4 is 14.5 Å². The number of nitrogens with zero attached hydrogens (tertiary/aromatic N) is 1. The largest absolute Gasteiger partial charge is 0.496 e. The lowest BCUT2D eigenvalue weighted by atomic mass is 10.2. The molecular formula is C29H29NO2Si. The fraction of sp³-hybridized carbons (Fsp3) is 0.138. The normalized spacial score (nSPS) is 11.4. The Morgan fingerprint density at radius 2 is 1.03 bits per heavy atom. The van der Waals surface area contributed by atoms with Crippen molar-refractivity contribution in [2.45, 2.75) is 18.1 Å². The maximum atomic E-state index is 6.60. The monoisotopic (exact) mass is 451 g/mol. The third-order valence-electron chi connectivity index (χ3n) is 5.68. The van der Waals surface area contributed by atoms with Crippen LogP contribution in [0.15, 0.2) is 120 Å². The van der Waals surface area contributed by atoms with Gasteiger partial charge < -0.3 is 9.26 Å². The topological polar surface area (TPSA) is 30.8 Å². The van der Waals surface area contributed by atoms with Crippen LogP contribution in [0.4, 0.5) is 0 Å². The molecule has 0 aromatic heterocycles. The minimum atomic E-state index is -2.44. The van der Waals surface area contributed by atoms with E-state index in [4.69, 9.17) is 9.26 Å². The Hall–Kier alpha value is -3.63. The molecule has 4 heteroatoms. The lowest BCUT2D eigenvalue weighted by molar-refractivity contribution is 0.319. The SMILES string of the molecule is COc1ccccc1/C=N/O[Si](Cc1ccccc1)(Cc1ccccc1)Cc1ccccc1. The summed E-state index contributed by atoms with van der Waals surface area (Å²) in [7, 11) is -0.765. The first-order valence-electron chi connectivity index (χ1n) is 11.2. The Balaban J connectivity index is 1.70. The molecule has 0 fully saturated rings. The summed E-state index contributed by atoms with van der Waals surface area (Å²) in [6, 6.07) is 42.3. The number of hydrogen-bond acceptors (Lipinski definition) is 3. The lowest BCUT2D eigenvalue weighted by Gasteiger charge is -2.29. The van der Waals surface area contributed by atoms with Gasteiger partial charge in [-0.05, 0) is 28.8 Å². The van der Waals surface area contributed by atoms with Crippen LogP contribution in [0, 0.1) is 0 Å². The molecule has 3 nitrogen and oxygen atoms in total. The van der Waals surface area contributed by atoms with Crippen LogP contribution in [0.5, 0.6) is 5.75 Å². The number of para-hydroxylation sites is 1. The zero-order valence-electron chi connectivity index (χ0n) is 18.9. The van der Waals surface area contributed by atoms with Gasteiger partial charge in [-0.25, -0.2) is 0 Å². The first-order valence-corrected chi connectivity index (χ1v) is 13.8. The van der Waals surface area contributed by atoms with Crippen molar-refractivity contribution in [3.63, 3.8) is 0 Å². The second-order valence-corrected chi connectivity index (χ2v) is 11.8. The van der Waals surface area contributed by atoms with E-state index in [-0.39, 0.29) is 0 Å². The fourth-order valence-electron chi connectivity index (χ4n) is 4.16. The molecule has 4 aromatic rings. The summed E-state index contributed by atoms with van der Waals surface area (Å²) in [5.41, 5.74) is 4.75. The summed E-state index contributed by atoms with van der Waals surface area (Å²) in [4.78, 5) is 0. The van der Waals surface area contributed by atoms with Crippen molar-refractivity contribution < 1.29 is 9.26 Å². The van der Waals surface area contributed by atoms with Gasteiger partial charge in [0.05, 0.1) is 13.3 Å². The van der Waals surface area contributed by atoms with Gasteiger partial charge >= 0.3 is 0 Å². The summed E-state index contributed by atoms with van der Waals surface area (Å²) in [5.74, 6) is 0.784. The summed E-state index contributed by atoms with van der Waals surface area (Å²) in [6.45, 7) is 0. The van der Waals surface area contributed by atoms with E-state index in [1.165, 1.54) is 16.7 Å². The summed E-state index contributed by atoms with van der Waals surface area (Å²) in [6.07, 6.45) is 1.78. The number of benzene rings is 4. The van der Waals surface area contributed by atoms with Crippen molar-refractivity contribution in [1.82, 2.24) is 0 Å². The Morgan fingerprint density at radius 3 is 1.48 bits per heavy atom. The summed E-state index contributed by atoms with van der Waals surface area (Å²) >= 11 is 0. The van der Waals surface area contributed by atoms with E-state index < -0.39 is 8.32 Å². The van der Waals surface area contributed by atoms with E-state index in [9.17, 15) is 0 Å². The maximum absolute atomic E-state index is 6.60. The number of ether oxygens (including phenoxy) is 1. The predicted octanol–water partition coefficient (Wildman–Crippen LogP) is 6.34. The van der Waals surface area contributed by atoms with Crippen LogP contribution in [0.1, 0.15) is 22.3 Å². The predicted molar refractivity (Wildman–Crippen MR) is 138 cm³/mol. The first-order chi connectivity index (χ1) is 16.3. The van der Waals surface area contributed by atoms with E-state index in [2.05, 4.69) is 96.2 Å². The molecule has 0 atom stereocenters. The highest BCUT2D eigenvalue weighted by atomic mass is 28.4. The van der Waals surface area contributed by atoms with Crippen LogP contribution in [0.2, 0.25) is 0 Å². The van der Waals surface area contributed by atoms with Gasteiger partial charge in [-0.15, -0.1) is 5.16 Å². The molecule has 0 heterocycles. The van der Waals surface area contributed by atoms with Gasteiger partial charge in [0, 0.05) is 23.7 Å². The van der Waals surface area contributed by atoms with Gasteiger partial charge in [0.25, 0.3) is 8.32 Å². The molecule has 0 amide bonds. The Bertz CT molecular complexity index is 1050. The number of oxime groups is 1. The van der Waals surface area contributed by atoms with Crippen molar-refractivity contribution in [2.75, 3.05) is 7.11 Å². The van der Waals surface area contributed by atoms with Gasteiger partial charge in [0.15, 0.2) is 0 Å². The molecule has 0 saturated heterocycles. The maximum Gasteiger partial charge on any atom is 0.300 e. The molecule has 0 aliphatic rings. The van der Waals surface area contributed by atoms with E-state index in [1.54, 1.807) is 13.3 Å². The van der Waals surface area contributed by atoms with Crippen molar-refractivity contribution in [3.05, 3.63) is 138 Å². The molecule has 0 saturated carbocycles. The molecule has 33 heavy (non-hydrogen) atoms. The quantitative estimate of drug-likeness (QED) is 0.160. The van der Waals surface area contributed by atoms with Crippen LogP contribution < -0.4 is 4.74 Å².